The zero-order valence-electron chi connectivity index (χ0n) is 16.5. The molecule has 29 heavy (non-hydrogen) atoms. The molecule has 0 bridgehead atoms. The summed E-state index contributed by atoms with van der Waals surface area (Å²) in [5.41, 5.74) is -0.0899. The van der Waals surface area contributed by atoms with E-state index in [1.54, 1.807) is 4.90 Å². The monoisotopic (exact) mass is 399 g/mol. The van der Waals surface area contributed by atoms with Crippen LogP contribution in [0.1, 0.15) is 26.7 Å². The Hall–Kier alpha value is -3.36. The van der Waals surface area contributed by atoms with Crippen LogP contribution in [0.4, 0.5) is 16.2 Å². The summed E-state index contributed by atoms with van der Waals surface area (Å²) in [5, 5.41) is 18.9. The van der Waals surface area contributed by atoms with Gasteiger partial charge in [0.05, 0.1) is 17.8 Å². The van der Waals surface area contributed by atoms with E-state index < -0.39 is 11.5 Å². The Bertz CT molecular complexity index is 893. The quantitative estimate of drug-likeness (QED) is 0.714. The molecule has 2 aromatic rings. The number of likely N-dealkylation sites (tertiary alicyclic amines) is 1. The summed E-state index contributed by atoms with van der Waals surface area (Å²) in [6.45, 7) is 3.96. The van der Waals surface area contributed by atoms with E-state index in [0.717, 1.165) is 6.42 Å². The SMILES string of the molecule is CC(C)(C(=O)O)n1cc(NC(=O)C2CCCN(C(=O)Nc3ccccc3)C2)cn1. The fraction of sp³-hybridized carbons (Fsp3) is 0.400. The van der Waals surface area contributed by atoms with Gasteiger partial charge in [0.25, 0.3) is 0 Å². The van der Waals surface area contributed by atoms with Gasteiger partial charge in [0, 0.05) is 25.0 Å². The van der Waals surface area contributed by atoms with Gasteiger partial charge >= 0.3 is 12.0 Å². The number of amides is 3. The number of rotatable bonds is 5. The zero-order valence-corrected chi connectivity index (χ0v) is 16.5. The average molecular weight is 399 g/mol. The minimum absolute atomic E-state index is 0.213. The molecule has 3 amide bonds. The van der Waals surface area contributed by atoms with Crippen molar-refractivity contribution in [1.29, 1.82) is 0 Å². The summed E-state index contributed by atoms with van der Waals surface area (Å²) in [6, 6.07) is 8.94. The number of carbonyl (C=O) groups is 3. The first kappa shape index (κ1) is 20.4. The third-order valence-electron chi connectivity index (χ3n) is 5.05. The van der Waals surface area contributed by atoms with Gasteiger partial charge in [-0.3, -0.25) is 9.48 Å². The number of carboxylic acids is 1. The molecular formula is C20H25N5O4. The molecule has 3 N–H and O–H groups in total. The van der Waals surface area contributed by atoms with Crippen LogP contribution < -0.4 is 10.6 Å². The van der Waals surface area contributed by atoms with E-state index in [9.17, 15) is 19.5 Å². The van der Waals surface area contributed by atoms with Gasteiger partial charge in [-0.25, -0.2) is 9.59 Å². The number of urea groups is 1. The van der Waals surface area contributed by atoms with Crippen LogP contribution in [0.25, 0.3) is 0 Å². The van der Waals surface area contributed by atoms with E-state index in [2.05, 4.69) is 15.7 Å². The Labute approximate surface area is 168 Å². The molecule has 154 valence electrons. The molecule has 1 aliphatic heterocycles. The van der Waals surface area contributed by atoms with Gasteiger partial charge in [-0.1, -0.05) is 18.2 Å². The number of aromatic nitrogens is 2. The number of nitrogens with zero attached hydrogens (tertiary/aromatic N) is 3. The molecule has 3 rings (SSSR count). The molecule has 0 saturated carbocycles. The fourth-order valence-electron chi connectivity index (χ4n) is 3.14. The number of benzene rings is 1. The van der Waals surface area contributed by atoms with Crippen LogP contribution in [0, 0.1) is 5.92 Å². The Morgan fingerprint density at radius 2 is 1.86 bits per heavy atom. The topological polar surface area (TPSA) is 117 Å². The molecule has 1 aromatic heterocycles. The lowest BCUT2D eigenvalue weighted by Gasteiger charge is -2.32. The highest BCUT2D eigenvalue weighted by molar-refractivity contribution is 5.94. The Kier molecular flexibility index (Phi) is 5.86. The first-order chi connectivity index (χ1) is 13.8. The molecule has 1 aliphatic rings. The number of nitrogens with one attached hydrogen (secondary N) is 2. The van der Waals surface area contributed by atoms with Crippen molar-refractivity contribution in [2.24, 2.45) is 5.92 Å². The van der Waals surface area contributed by atoms with Crippen molar-refractivity contribution < 1.29 is 19.5 Å². The number of hydrogen-bond donors (Lipinski definition) is 3. The summed E-state index contributed by atoms with van der Waals surface area (Å²) in [6.07, 6.45) is 4.32. The van der Waals surface area contributed by atoms with Crippen molar-refractivity contribution in [3.8, 4) is 0 Å². The number of piperidine rings is 1. The molecule has 9 heteroatoms. The van der Waals surface area contributed by atoms with Crippen molar-refractivity contribution >= 4 is 29.3 Å². The maximum absolute atomic E-state index is 12.7. The maximum atomic E-state index is 12.7. The van der Waals surface area contributed by atoms with Crippen molar-refractivity contribution in [2.75, 3.05) is 23.7 Å². The summed E-state index contributed by atoms with van der Waals surface area (Å²) >= 11 is 0. The van der Waals surface area contributed by atoms with E-state index >= 15 is 0 Å². The van der Waals surface area contributed by atoms with Crippen LogP contribution in [-0.4, -0.2) is 50.8 Å². The molecule has 2 heterocycles. The lowest BCUT2D eigenvalue weighted by Crippen LogP contribution is -2.45. The smallest absolute Gasteiger partial charge is 0.331 e. The lowest BCUT2D eigenvalue weighted by atomic mass is 9.97. The Balaban J connectivity index is 1.59. The van der Waals surface area contributed by atoms with Crippen LogP contribution in [0.5, 0.6) is 0 Å². The van der Waals surface area contributed by atoms with Gasteiger partial charge in [0.2, 0.25) is 5.91 Å². The van der Waals surface area contributed by atoms with Crippen molar-refractivity contribution in [2.45, 2.75) is 32.2 Å². The molecule has 1 saturated heterocycles. The van der Waals surface area contributed by atoms with E-state index in [0.29, 0.717) is 30.9 Å². The average Bonchev–Trinajstić information content (AvgIpc) is 3.18. The molecular weight excluding hydrogens is 374 g/mol. The molecule has 0 spiro atoms. The van der Waals surface area contributed by atoms with Gasteiger partial charge in [0.15, 0.2) is 5.54 Å². The molecule has 1 fully saturated rings. The minimum Gasteiger partial charge on any atom is -0.479 e. The van der Waals surface area contributed by atoms with Gasteiger partial charge in [-0.2, -0.15) is 5.10 Å². The third-order valence-corrected chi connectivity index (χ3v) is 5.05. The molecule has 0 radical (unpaired) electrons. The second-order valence-electron chi connectivity index (χ2n) is 7.61. The predicted molar refractivity (Wildman–Crippen MR) is 108 cm³/mol. The van der Waals surface area contributed by atoms with Gasteiger partial charge in [0.1, 0.15) is 0 Å². The van der Waals surface area contributed by atoms with E-state index in [1.807, 2.05) is 30.3 Å². The summed E-state index contributed by atoms with van der Waals surface area (Å²) < 4.78 is 1.30. The Morgan fingerprint density at radius 3 is 2.55 bits per heavy atom. The number of hydrogen-bond acceptors (Lipinski definition) is 4. The van der Waals surface area contributed by atoms with Crippen LogP contribution in [0.15, 0.2) is 42.7 Å². The van der Waals surface area contributed by atoms with E-state index in [4.69, 9.17) is 0 Å². The highest BCUT2D eigenvalue weighted by atomic mass is 16.4. The number of carbonyl (C=O) groups excluding carboxylic acids is 2. The maximum Gasteiger partial charge on any atom is 0.331 e. The molecule has 0 aliphatic carbocycles. The van der Waals surface area contributed by atoms with Gasteiger partial charge in [-0.15, -0.1) is 0 Å². The second-order valence-corrected chi connectivity index (χ2v) is 7.61. The minimum atomic E-state index is -1.22. The predicted octanol–water partition coefficient (Wildman–Crippen LogP) is 2.59. The standard InChI is InChI=1S/C20H25N5O4/c1-20(2,18(27)28)25-13-16(11-21-25)22-17(26)14-7-6-10-24(12-14)19(29)23-15-8-4-3-5-9-15/h3-5,8-9,11,13-14H,6-7,10,12H2,1-2H3,(H,22,26)(H,23,29)(H,27,28). The van der Waals surface area contributed by atoms with Crippen LogP contribution in [-0.2, 0) is 15.1 Å². The van der Waals surface area contributed by atoms with Gasteiger partial charge < -0.3 is 20.6 Å². The summed E-state index contributed by atoms with van der Waals surface area (Å²) in [7, 11) is 0. The first-order valence-corrected chi connectivity index (χ1v) is 9.48. The van der Waals surface area contributed by atoms with Crippen molar-refractivity contribution in [3.63, 3.8) is 0 Å². The first-order valence-electron chi connectivity index (χ1n) is 9.48. The number of carboxylic acid groups (broad SMARTS) is 1. The highest BCUT2D eigenvalue weighted by Crippen LogP contribution is 2.21. The van der Waals surface area contributed by atoms with Crippen molar-refractivity contribution in [3.05, 3.63) is 42.7 Å². The van der Waals surface area contributed by atoms with E-state index in [1.165, 1.54) is 30.9 Å². The third kappa shape index (κ3) is 4.74. The lowest BCUT2D eigenvalue weighted by molar-refractivity contribution is -0.146. The van der Waals surface area contributed by atoms with Crippen LogP contribution in [0.2, 0.25) is 0 Å². The van der Waals surface area contributed by atoms with Gasteiger partial charge in [-0.05, 0) is 38.8 Å². The number of para-hydroxylation sites is 1. The molecule has 1 unspecified atom stereocenters. The molecule has 9 nitrogen and oxygen atoms in total. The molecule has 1 aromatic carbocycles. The fourth-order valence-corrected chi connectivity index (χ4v) is 3.14. The second kappa shape index (κ2) is 8.34. The highest BCUT2D eigenvalue weighted by Gasteiger charge is 2.31. The zero-order chi connectivity index (χ0) is 21.0. The summed E-state index contributed by atoms with van der Waals surface area (Å²) in [4.78, 5) is 38.1. The number of aliphatic carboxylic acids is 1. The number of anilines is 2. The Morgan fingerprint density at radius 1 is 1.14 bits per heavy atom. The van der Waals surface area contributed by atoms with Crippen LogP contribution >= 0.6 is 0 Å². The normalized spacial score (nSPS) is 16.9. The van der Waals surface area contributed by atoms with Crippen LogP contribution in [0.3, 0.4) is 0 Å². The van der Waals surface area contributed by atoms with Crippen molar-refractivity contribution in [1.82, 2.24) is 14.7 Å². The molecule has 1 atom stereocenters. The van der Waals surface area contributed by atoms with E-state index in [-0.39, 0.29) is 17.9 Å². The summed E-state index contributed by atoms with van der Waals surface area (Å²) in [5.74, 6) is -1.58. The largest absolute Gasteiger partial charge is 0.479 e.